The van der Waals surface area contributed by atoms with Crippen LogP contribution >= 0.6 is 11.6 Å². The van der Waals surface area contributed by atoms with E-state index >= 15 is 0 Å². The summed E-state index contributed by atoms with van der Waals surface area (Å²) in [5, 5.41) is 10.1. The second-order valence-corrected chi connectivity index (χ2v) is 5.47. The van der Waals surface area contributed by atoms with Crippen LogP contribution in [0.25, 0.3) is 11.4 Å². The number of benzene rings is 1. The lowest BCUT2D eigenvalue weighted by molar-refractivity contribution is -0.119. The molecule has 0 unspecified atom stereocenters. The molecule has 2 N–H and O–H groups in total. The molecule has 1 fully saturated rings. The van der Waals surface area contributed by atoms with Gasteiger partial charge < -0.3 is 15.2 Å². The largest absolute Gasteiger partial charge is 0.354 e. The van der Waals surface area contributed by atoms with Gasteiger partial charge in [-0.1, -0.05) is 28.9 Å². The van der Waals surface area contributed by atoms with Crippen LogP contribution in [0.2, 0.25) is 5.02 Å². The minimum atomic E-state index is -0.0793. The van der Waals surface area contributed by atoms with Crippen LogP contribution in [-0.4, -0.2) is 29.1 Å². The highest BCUT2D eigenvalue weighted by atomic mass is 35.5. The number of rotatable bonds is 6. The zero-order chi connectivity index (χ0) is 14.7. The molecular formula is C14H15ClN4O2. The van der Waals surface area contributed by atoms with Crippen molar-refractivity contribution >= 4 is 23.5 Å². The van der Waals surface area contributed by atoms with E-state index in [0.717, 1.165) is 12.1 Å². The van der Waals surface area contributed by atoms with Crippen LogP contribution in [0.15, 0.2) is 28.8 Å². The number of amides is 1. The fourth-order valence-corrected chi connectivity index (χ4v) is 2.03. The molecule has 0 aliphatic heterocycles. The van der Waals surface area contributed by atoms with Crippen LogP contribution in [-0.2, 0) is 4.79 Å². The first kappa shape index (κ1) is 13.9. The maximum Gasteiger partial charge on any atom is 0.322 e. The molecule has 1 aliphatic rings. The average molecular weight is 307 g/mol. The molecule has 0 bridgehead atoms. The van der Waals surface area contributed by atoms with Crippen molar-refractivity contribution in [2.45, 2.75) is 12.8 Å². The van der Waals surface area contributed by atoms with Crippen LogP contribution < -0.4 is 10.6 Å². The summed E-state index contributed by atoms with van der Waals surface area (Å²) in [6.07, 6.45) is 2.42. The summed E-state index contributed by atoms with van der Waals surface area (Å²) < 4.78 is 5.05. The minimum Gasteiger partial charge on any atom is -0.354 e. The molecule has 0 saturated heterocycles. The van der Waals surface area contributed by atoms with Gasteiger partial charge in [-0.2, -0.15) is 4.98 Å². The third-order valence-corrected chi connectivity index (χ3v) is 3.43. The van der Waals surface area contributed by atoms with E-state index < -0.39 is 0 Å². The highest BCUT2D eigenvalue weighted by Crippen LogP contribution is 2.27. The second-order valence-electron chi connectivity index (χ2n) is 5.03. The standard InChI is InChI=1S/C14H15ClN4O2/c15-11-3-1-2-10(6-11)13-18-14(21-19-13)17-8-12(20)16-7-9-4-5-9/h1-3,6,9H,4-5,7-8H2,(H,16,20)(H,17,18,19). The van der Waals surface area contributed by atoms with Gasteiger partial charge in [-0.05, 0) is 30.9 Å². The average Bonchev–Trinajstić information content (AvgIpc) is 3.19. The molecule has 1 aromatic heterocycles. The van der Waals surface area contributed by atoms with E-state index in [0.29, 0.717) is 16.8 Å². The molecule has 1 saturated carbocycles. The Hall–Kier alpha value is -2.08. The van der Waals surface area contributed by atoms with Gasteiger partial charge in [0.15, 0.2) is 0 Å². The number of aromatic nitrogens is 2. The Morgan fingerprint density at radius 3 is 3.05 bits per heavy atom. The summed E-state index contributed by atoms with van der Waals surface area (Å²) in [5.74, 6) is 1.01. The van der Waals surface area contributed by atoms with E-state index in [2.05, 4.69) is 20.8 Å². The number of hydrogen-bond donors (Lipinski definition) is 2. The number of carbonyl (C=O) groups is 1. The third kappa shape index (κ3) is 3.95. The van der Waals surface area contributed by atoms with Crippen molar-refractivity contribution in [3.8, 4) is 11.4 Å². The van der Waals surface area contributed by atoms with Gasteiger partial charge in [-0.15, -0.1) is 0 Å². The highest BCUT2D eigenvalue weighted by molar-refractivity contribution is 6.30. The van der Waals surface area contributed by atoms with Crippen molar-refractivity contribution in [3.05, 3.63) is 29.3 Å². The molecular weight excluding hydrogens is 292 g/mol. The summed E-state index contributed by atoms with van der Waals surface area (Å²) in [5.41, 5.74) is 0.762. The molecule has 110 valence electrons. The zero-order valence-electron chi connectivity index (χ0n) is 11.3. The van der Waals surface area contributed by atoms with Crippen molar-refractivity contribution in [1.82, 2.24) is 15.5 Å². The van der Waals surface area contributed by atoms with Gasteiger partial charge >= 0.3 is 6.01 Å². The van der Waals surface area contributed by atoms with Crippen molar-refractivity contribution in [3.63, 3.8) is 0 Å². The molecule has 21 heavy (non-hydrogen) atoms. The molecule has 1 aromatic carbocycles. The Kier molecular flexibility index (Phi) is 4.06. The number of halogens is 1. The third-order valence-electron chi connectivity index (χ3n) is 3.19. The lowest BCUT2D eigenvalue weighted by atomic mass is 10.2. The number of nitrogens with zero attached hydrogens (tertiary/aromatic N) is 2. The van der Waals surface area contributed by atoms with Crippen LogP contribution in [0.4, 0.5) is 6.01 Å². The quantitative estimate of drug-likeness (QED) is 0.856. The van der Waals surface area contributed by atoms with E-state index in [1.54, 1.807) is 12.1 Å². The molecule has 0 atom stereocenters. The molecule has 6 nitrogen and oxygen atoms in total. The van der Waals surface area contributed by atoms with Gasteiger partial charge in [0.2, 0.25) is 11.7 Å². The summed E-state index contributed by atoms with van der Waals surface area (Å²) >= 11 is 5.91. The number of nitrogens with one attached hydrogen (secondary N) is 2. The Bertz CT molecular complexity index is 639. The molecule has 2 aromatic rings. The molecule has 1 amide bonds. The fraction of sp³-hybridized carbons (Fsp3) is 0.357. The Balaban J connectivity index is 1.53. The zero-order valence-corrected chi connectivity index (χ0v) is 12.1. The first-order chi connectivity index (χ1) is 10.2. The van der Waals surface area contributed by atoms with E-state index in [9.17, 15) is 4.79 Å². The molecule has 7 heteroatoms. The lowest BCUT2D eigenvalue weighted by Crippen LogP contribution is -2.31. The van der Waals surface area contributed by atoms with Crippen LogP contribution in [0, 0.1) is 5.92 Å². The minimum absolute atomic E-state index is 0.0793. The van der Waals surface area contributed by atoms with Gasteiger partial charge in [0.1, 0.15) is 0 Å². The predicted molar refractivity (Wildman–Crippen MR) is 79.0 cm³/mol. The van der Waals surface area contributed by atoms with Crippen LogP contribution in [0.3, 0.4) is 0 Å². The summed E-state index contributed by atoms with van der Waals surface area (Å²) in [7, 11) is 0. The van der Waals surface area contributed by atoms with Gasteiger partial charge in [-0.25, -0.2) is 0 Å². The van der Waals surface area contributed by atoms with E-state index in [1.807, 2.05) is 12.1 Å². The Labute approximate surface area is 126 Å². The van der Waals surface area contributed by atoms with E-state index in [4.69, 9.17) is 16.1 Å². The number of hydrogen-bond acceptors (Lipinski definition) is 5. The fourth-order valence-electron chi connectivity index (χ4n) is 1.84. The number of carbonyl (C=O) groups excluding carboxylic acids is 1. The first-order valence-corrected chi connectivity index (χ1v) is 7.19. The molecule has 1 heterocycles. The van der Waals surface area contributed by atoms with Gasteiger partial charge in [0.25, 0.3) is 0 Å². The molecule has 1 aliphatic carbocycles. The molecule has 0 spiro atoms. The van der Waals surface area contributed by atoms with Crippen molar-refractivity contribution < 1.29 is 9.32 Å². The highest BCUT2D eigenvalue weighted by Gasteiger charge is 2.21. The maximum atomic E-state index is 11.6. The van der Waals surface area contributed by atoms with Crippen LogP contribution in [0.1, 0.15) is 12.8 Å². The molecule has 0 radical (unpaired) electrons. The number of anilines is 1. The van der Waals surface area contributed by atoms with Gasteiger partial charge in [-0.3, -0.25) is 4.79 Å². The van der Waals surface area contributed by atoms with Gasteiger partial charge in [0.05, 0.1) is 6.54 Å². The SMILES string of the molecule is O=C(CNc1nc(-c2cccc(Cl)c2)no1)NCC1CC1. The monoisotopic (exact) mass is 306 g/mol. The summed E-state index contributed by atoms with van der Waals surface area (Å²) in [6, 6.07) is 7.38. The summed E-state index contributed by atoms with van der Waals surface area (Å²) in [6.45, 7) is 0.863. The van der Waals surface area contributed by atoms with Crippen molar-refractivity contribution in [1.29, 1.82) is 0 Å². The molecule has 3 rings (SSSR count). The van der Waals surface area contributed by atoms with Crippen LogP contribution in [0.5, 0.6) is 0 Å². The Morgan fingerprint density at radius 1 is 1.43 bits per heavy atom. The predicted octanol–water partition coefficient (Wildman–Crippen LogP) is 2.33. The van der Waals surface area contributed by atoms with E-state index in [1.165, 1.54) is 12.8 Å². The van der Waals surface area contributed by atoms with Crippen molar-refractivity contribution in [2.24, 2.45) is 5.92 Å². The first-order valence-electron chi connectivity index (χ1n) is 6.81. The maximum absolute atomic E-state index is 11.6. The van der Waals surface area contributed by atoms with Gasteiger partial charge in [0, 0.05) is 17.1 Å². The lowest BCUT2D eigenvalue weighted by Gasteiger charge is -2.03. The van der Waals surface area contributed by atoms with Crippen molar-refractivity contribution in [2.75, 3.05) is 18.4 Å². The normalized spacial score (nSPS) is 14.0. The topological polar surface area (TPSA) is 80.1 Å². The van der Waals surface area contributed by atoms with E-state index in [-0.39, 0.29) is 18.5 Å². The Morgan fingerprint density at radius 2 is 2.29 bits per heavy atom. The second kappa shape index (κ2) is 6.13. The smallest absolute Gasteiger partial charge is 0.322 e. The summed E-state index contributed by atoms with van der Waals surface area (Å²) in [4.78, 5) is 15.8.